The molecule has 0 aliphatic carbocycles. The first-order valence-electron chi connectivity index (χ1n) is 14.1. The lowest BCUT2D eigenvalue weighted by molar-refractivity contribution is 0.431. The van der Waals surface area contributed by atoms with Crippen molar-refractivity contribution in [3.8, 4) is 11.5 Å². The molecule has 8 heteroatoms. The van der Waals surface area contributed by atoms with Gasteiger partial charge >= 0.3 is 0 Å². The number of aromatic hydroxyl groups is 2. The van der Waals surface area contributed by atoms with E-state index in [1.165, 1.54) is 48.5 Å². The molecule has 0 aliphatic rings. The van der Waals surface area contributed by atoms with E-state index in [1.54, 1.807) is 97.1 Å². The second-order valence-corrected chi connectivity index (χ2v) is 14.3. The number of phenols is 2. The van der Waals surface area contributed by atoms with Crippen LogP contribution >= 0.6 is 0 Å². The highest BCUT2D eigenvalue weighted by Crippen LogP contribution is 2.53. The van der Waals surface area contributed by atoms with Gasteiger partial charge < -0.3 is 10.2 Å². The van der Waals surface area contributed by atoms with E-state index in [2.05, 4.69) is 0 Å². The SMILES string of the molecule is O=S(=O)(c1ccccc1)c1cccc(C(c2ccccc2)(c2ccccc2)c2cccc(S(=O)(=O)c3ccccc3)c2O)c1O. The van der Waals surface area contributed by atoms with E-state index in [-0.39, 0.29) is 30.7 Å². The van der Waals surface area contributed by atoms with Crippen LogP contribution in [0.15, 0.2) is 177 Å². The van der Waals surface area contributed by atoms with Crippen molar-refractivity contribution in [1.82, 2.24) is 0 Å². The monoisotopic (exact) mass is 632 g/mol. The van der Waals surface area contributed by atoms with Gasteiger partial charge in [-0.1, -0.05) is 121 Å². The van der Waals surface area contributed by atoms with Crippen molar-refractivity contribution in [3.05, 3.63) is 180 Å². The van der Waals surface area contributed by atoms with Crippen LogP contribution in [0.2, 0.25) is 0 Å². The van der Waals surface area contributed by atoms with Crippen LogP contribution in [-0.4, -0.2) is 27.0 Å². The van der Waals surface area contributed by atoms with Crippen molar-refractivity contribution in [2.24, 2.45) is 0 Å². The first-order chi connectivity index (χ1) is 21.7. The van der Waals surface area contributed by atoms with E-state index in [9.17, 15) is 27.0 Å². The Bertz CT molecular complexity index is 2020. The lowest BCUT2D eigenvalue weighted by Crippen LogP contribution is -2.32. The Kier molecular flexibility index (Phi) is 7.78. The van der Waals surface area contributed by atoms with Gasteiger partial charge in [0.2, 0.25) is 19.7 Å². The second kappa shape index (κ2) is 11.7. The van der Waals surface area contributed by atoms with Gasteiger partial charge in [-0.2, -0.15) is 0 Å². The summed E-state index contributed by atoms with van der Waals surface area (Å²) in [6.07, 6.45) is 0. The van der Waals surface area contributed by atoms with Crippen LogP contribution in [-0.2, 0) is 25.1 Å². The Morgan fingerprint density at radius 1 is 0.378 bits per heavy atom. The number of rotatable bonds is 8. The summed E-state index contributed by atoms with van der Waals surface area (Å²) in [5, 5.41) is 24.0. The minimum atomic E-state index is -4.18. The molecule has 0 radical (unpaired) electrons. The summed E-state index contributed by atoms with van der Waals surface area (Å²) >= 11 is 0. The first kappa shape index (κ1) is 29.9. The van der Waals surface area contributed by atoms with Crippen molar-refractivity contribution in [3.63, 3.8) is 0 Å². The molecule has 0 unspecified atom stereocenters. The zero-order valence-electron chi connectivity index (χ0n) is 23.9. The molecule has 2 N–H and O–H groups in total. The van der Waals surface area contributed by atoms with Gasteiger partial charge in [-0.25, -0.2) is 16.8 Å². The summed E-state index contributed by atoms with van der Waals surface area (Å²) in [5.74, 6) is -1.05. The maximum absolute atomic E-state index is 13.9. The fraction of sp³-hybridized carbons (Fsp3) is 0.0270. The normalized spacial score (nSPS) is 12.1. The molecule has 0 aromatic heterocycles. The van der Waals surface area contributed by atoms with Crippen LogP contribution in [0.25, 0.3) is 0 Å². The average Bonchev–Trinajstić information content (AvgIpc) is 3.08. The third-order valence-electron chi connectivity index (χ3n) is 7.91. The van der Waals surface area contributed by atoms with E-state index in [0.29, 0.717) is 11.1 Å². The Morgan fingerprint density at radius 2 is 0.689 bits per heavy atom. The van der Waals surface area contributed by atoms with Gasteiger partial charge in [0.15, 0.2) is 0 Å². The molecular weight excluding hydrogens is 605 g/mol. The van der Waals surface area contributed by atoms with Crippen LogP contribution < -0.4 is 0 Å². The standard InChI is InChI=1S/C37H28O6S2/c38-35-31(23-13-25-33(35)44(40,41)29-19-9-3-10-20-29)37(27-15-5-1-6-16-27,28-17-7-2-8-18-28)32-24-14-26-34(36(32)39)45(42,43)30-21-11-4-12-22-30/h1-26,38-39H. The van der Waals surface area contributed by atoms with Crippen LogP contribution in [0.5, 0.6) is 11.5 Å². The lowest BCUT2D eigenvalue weighted by atomic mass is 9.64. The van der Waals surface area contributed by atoms with E-state index in [1.807, 2.05) is 12.1 Å². The predicted octanol–water partition coefficient (Wildman–Crippen LogP) is 7.15. The molecule has 0 saturated carbocycles. The largest absolute Gasteiger partial charge is 0.506 e. The number of para-hydroxylation sites is 2. The van der Waals surface area contributed by atoms with E-state index < -0.39 is 36.6 Å². The fourth-order valence-corrected chi connectivity index (χ4v) is 8.63. The van der Waals surface area contributed by atoms with Crippen molar-refractivity contribution in [2.75, 3.05) is 0 Å². The number of hydrogen-bond donors (Lipinski definition) is 2. The molecule has 45 heavy (non-hydrogen) atoms. The second-order valence-electron chi connectivity index (χ2n) is 10.4. The highest BCUT2D eigenvalue weighted by Gasteiger charge is 2.44. The minimum Gasteiger partial charge on any atom is -0.506 e. The molecule has 0 saturated heterocycles. The molecule has 0 bridgehead atoms. The zero-order chi connectivity index (χ0) is 31.7. The molecule has 0 amide bonds. The van der Waals surface area contributed by atoms with Gasteiger partial charge in [-0.05, 0) is 47.5 Å². The Morgan fingerprint density at radius 3 is 1.02 bits per heavy atom. The number of hydrogen-bond acceptors (Lipinski definition) is 6. The number of benzene rings is 6. The summed E-state index contributed by atoms with van der Waals surface area (Å²) in [4.78, 5) is -0.646. The summed E-state index contributed by atoms with van der Waals surface area (Å²) in [7, 11) is -8.37. The van der Waals surface area contributed by atoms with Gasteiger partial charge in [0.25, 0.3) is 0 Å². The maximum atomic E-state index is 13.9. The molecule has 6 nitrogen and oxygen atoms in total. The molecule has 6 aromatic carbocycles. The summed E-state index contributed by atoms with van der Waals surface area (Å²) in [6, 6.07) is 42.5. The van der Waals surface area contributed by atoms with E-state index in [4.69, 9.17) is 0 Å². The molecule has 0 heterocycles. The molecule has 0 fully saturated rings. The highest BCUT2D eigenvalue weighted by atomic mass is 32.2. The molecule has 0 aliphatic heterocycles. The van der Waals surface area contributed by atoms with Crippen molar-refractivity contribution >= 4 is 19.7 Å². The molecule has 6 rings (SSSR count). The fourth-order valence-electron chi connectivity index (χ4n) is 5.85. The summed E-state index contributed by atoms with van der Waals surface area (Å²) in [6.45, 7) is 0. The number of phenolic OH excluding ortho intramolecular Hbond substituents is 2. The van der Waals surface area contributed by atoms with Crippen LogP contribution in [0.1, 0.15) is 22.3 Å². The van der Waals surface area contributed by atoms with Crippen LogP contribution in [0.4, 0.5) is 0 Å². The third-order valence-corrected chi connectivity index (χ3v) is 11.5. The first-order valence-corrected chi connectivity index (χ1v) is 17.0. The Labute approximate surface area is 262 Å². The molecule has 224 valence electrons. The predicted molar refractivity (Wildman–Crippen MR) is 172 cm³/mol. The third kappa shape index (κ3) is 4.98. The van der Waals surface area contributed by atoms with Gasteiger partial charge in [-0.3, -0.25) is 0 Å². The quantitative estimate of drug-likeness (QED) is 0.173. The van der Waals surface area contributed by atoms with E-state index >= 15 is 0 Å². The molecule has 0 atom stereocenters. The minimum absolute atomic E-state index is 0.00118. The van der Waals surface area contributed by atoms with Crippen molar-refractivity contribution in [2.45, 2.75) is 25.0 Å². The van der Waals surface area contributed by atoms with Gasteiger partial charge in [0.05, 0.1) is 15.2 Å². The van der Waals surface area contributed by atoms with E-state index in [0.717, 1.165) is 0 Å². The molecule has 0 spiro atoms. The van der Waals surface area contributed by atoms with Crippen molar-refractivity contribution < 1.29 is 27.0 Å². The highest BCUT2D eigenvalue weighted by molar-refractivity contribution is 7.92. The Balaban J connectivity index is 1.74. The topological polar surface area (TPSA) is 109 Å². The lowest BCUT2D eigenvalue weighted by Gasteiger charge is -2.38. The van der Waals surface area contributed by atoms with Gasteiger partial charge in [-0.15, -0.1) is 0 Å². The number of sulfone groups is 2. The summed E-state index contributed by atoms with van der Waals surface area (Å²) < 4.78 is 55.5. The van der Waals surface area contributed by atoms with Crippen LogP contribution in [0, 0.1) is 0 Å². The molecular formula is C37H28O6S2. The zero-order valence-corrected chi connectivity index (χ0v) is 25.5. The van der Waals surface area contributed by atoms with Gasteiger partial charge in [0.1, 0.15) is 21.3 Å². The summed E-state index contributed by atoms with van der Waals surface area (Å²) in [5.41, 5.74) is -0.167. The molecule has 6 aromatic rings. The van der Waals surface area contributed by atoms with Crippen molar-refractivity contribution in [1.29, 1.82) is 0 Å². The van der Waals surface area contributed by atoms with Crippen LogP contribution in [0.3, 0.4) is 0 Å². The Hall–Kier alpha value is -5.18. The average molecular weight is 633 g/mol. The smallest absolute Gasteiger partial charge is 0.210 e. The maximum Gasteiger partial charge on any atom is 0.210 e. The van der Waals surface area contributed by atoms with Gasteiger partial charge in [0, 0.05) is 11.1 Å².